The second-order valence-corrected chi connectivity index (χ2v) is 8.33. The molecule has 0 atom stereocenters. The van der Waals surface area contributed by atoms with Gasteiger partial charge in [-0.2, -0.15) is 0 Å². The highest BCUT2D eigenvalue weighted by Crippen LogP contribution is 2.26. The zero-order chi connectivity index (χ0) is 17.6. The predicted molar refractivity (Wildman–Crippen MR) is 97.0 cm³/mol. The summed E-state index contributed by atoms with van der Waals surface area (Å²) < 4.78 is 0.647. The number of carbonyl (C=O) groups excluding carboxylic acids is 2. The molecule has 0 aliphatic heterocycles. The Morgan fingerprint density at radius 1 is 1.17 bits per heavy atom. The van der Waals surface area contributed by atoms with Gasteiger partial charge in [-0.05, 0) is 5.56 Å². The van der Waals surface area contributed by atoms with Crippen LogP contribution in [0.2, 0.25) is 0 Å². The average molecular weight is 364 g/mol. The number of aromatic nitrogens is 2. The van der Waals surface area contributed by atoms with Gasteiger partial charge in [-0.15, -0.1) is 10.2 Å². The first kappa shape index (κ1) is 18.4. The van der Waals surface area contributed by atoms with E-state index in [4.69, 9.17) is 0 Å². The number of hydrogen-bond donors (Lipinski definition) is 2. The van der Waals surface area contributed by atoms with Gasteiger partial charge < -0.3 is 10.6 Å². The second kappa shape index (κ2) is 8.25. The van der Waals surface area contributed by atoms with Gasteiger partial charge in [-0.25, -0.2) is 0 Å². The highest BCUT2D eigenvalue weighted by Gasteiger charge is 2.22. The van der Waals surface area contributed by atoms with Crippen molar-refractivity contribution in [2.45, 2.75) is 31.7 Å². The second-order valence-electron chi connectivity index (χ2n) is 6.13. The fourth-order valence-electron chi connectivity index (χ4n) is 1.58. The van der Waals surface area contributed by atoms with Gasteiger partial charge in [-0.3, -0.25) is 9.59 Å². The number of anilines is 1. The molecule has 0 aliphatic carbocycles. The van der Waals surface area contributed by atoms with E-state index in [1.165, 1.54) is 23.1 Å². The SMILES string of the molecule is CC(C)(C)C(=O)Nc1nnc(SCC(=O)NCc2ccccc2)s1. The Labute approximate surface area is 149 Å². The average Bonchev–Trinajstić information content (AvgIpc) is 2.98. The molecule has 1 aromatic heterocycles. The number of hydrogen-bond acceptors (Lipinski definition) is 6. The summed E-state index contributed by atoms with van der Waals surface area (Å²) in [5, 5.41) is 13.9. The van der Waals surface area contributed by atoms with Crippen LogP contribution in [0.25, 0.3) is 0 Å². The van der Waals surface area contributed by atoms with Crippen molar-refractivity contribution in [3.05, 3.63) is 35.9 Å². The van der Waals surface area contributed by atoms with E-state index in [-0.39, 0.29) is 17.6 Å². The molecule has 0 spiro atoms. The van der Waals surface area contributed by atoms with Gasteiger partial charge in [0.1, 0.15) is 0 Å². The Morgan fingerprint density at radius 3 is 2.54 bits per heavy atom. The lowest BCUT2D eigenvalue weighted by atomic mass is 9.96. The third-order valence-corrected chi connectivity index (χ3v) is 4.94. The van der Waals surface area contributed by atoms with Crippen LogP contribution in [0.15, 0.2) is 34.7 Å². The molecule has 0 radical (unpaired) electrons. The molecule has 2 amide bonds. The van der Waals surface area contributed by atoms with Gasteiger partial charge in [0.2, 0.25) is 16.9 Å². The first-order valence-electron chi connectivity index (χ1n) is 7.43. The minimum absolute atomic E-state index is 0.0701. The topological polar surface area (TPSA) is 84.0 Å². The fraction of sp³-hybridized carbons (Fsp3) is 0.375. The van der Waals surface area contributed by atoms with Crippen LogP contribution in [-0.2, 0) is 16.1 Å². The van der Waals surface area contributed by atoms with Crippen LogP contribution in [0, 0.1) is 5.41 Å². The van der Waals surface area contributed by atoms with Crippen LogP contribution in [0.4, 0.5) is 5.13 Å². The van der Waals surface area contributed by atoms with E-state index < -0.39 is 5.41 Å². The van der Waals surface area contributed by atoms with Crippen molar-refractivity contribution in [1.82, 2.24) is 15.5 Å². The van der Waals surface area contributed by atoms with Crippen LogP contribution in [-0.4, -0.2) is 27.8 Å². The number of thioether (sulfide) groups is 1. The summed E-state index contributed by atoms with van der Waals surface area (Å²) in [7, 11) is 0. The van der Waals surface area contributed by atoms with Gasteiger partial charge in [0.15, 0.2) is 4.34 Å². The lowest BCUT2D eigenvalue weighted by Crippen LogP contribution is -2.27. The maximum Gasteiger partial charge on any atom is 0.231 e. The van der Waals surface area contributed by atoms with Gasteiger partial charge in [-0.1, -0.05) is 74.2 Å². The van der Waals surface area contributed by atoms with Crippen LogP contribution in [0.1, 0.15) is 26.3 Å². The number of benzene rings is 1. The molecule has 2 aromatic rings. The lowest BCUT2D eigenvalue weighted by Gasteiger charge is -2.15. The van der Waals surface area contributed by atoms with E-state index in [2.05, 4.69) is 20.8 Å². The highest BCUT2D eigenvalue weighted by atomic mass is 32.2. The summed E-state index contributed by atoms with van der Waals surface area (Å²) in [5.74, 6) is 0.0736. The molecule has 0 aliphatic rings. The van der Waals surface area contributed by atoms with Gasteiger partial charge in [0, 0.05) is 12.0 Å². The molecule has 0 fully saturated rings. The molecular formula is C16H20N4O2S2. The molecule has 1 heterocycles. The number of carbonyl (C=O) groups is 2. The van der Waals surface area contributed by atoms with E-state index in [0.717, 1.165) is 5.56 Å². The molecule has 6 nitrogen and oxygen atoms in total. The van der Waals surface area contributed by atoms with Gasteiger partial charge in [0.05, 0.1) is 5.75 Å². The predicted octanol–water partition coefficient (Wildman–Crippen LogP) is 2.93. The first-order chi connectivity index (χ1) is 11.3. The third kappa shape index (κ3) is 5.93. The summed E-state index contributed by atoms with van der Waals surface area (Å²) >= 11 is 2.56. The van der Waals surface area contributed by atoms with E-state index in [9.17, 15) is 9.59 Å². The molecular weight excluding hydrogens is 344 g/mol. The minimum Gasteiger partial charge on any atom is -0.351 e. The lowest BCUT2D eigenvalue weighted by molar-refractivity contribution is -0.123. The van der Waals surface area contributed by atoms with Crippen molar-refractivity contribution >= 4 is 40.0 Å². The van der Waals surface area contributed by atoms with E-state index in [1.807, 2.05) is 51.1 Å². The summed E-state index contributed by atoms with van der Waals surface area (Å²) in [4.78, 5) is 23.7. The third-order valence-electron chi connectivity index (χ3n) is 2.97. The minimum atomic E-state index is -0.490. The van der Waals surface area contributed by atoms with Gasteiger partial charge in [0.25, 0.3) is 0 Å². The summed E-state index contributed by atoms with van der Waals surface area (Å²) in [6.07, 6.45) is 0. The van der Waals surface area contributed by atoms with E-state index in [0.29, 0.717) is 16.0 Å². The van der Waals surface area contributed by atoms with Crippen LogP contribution in [0.5, 0.6) is 0 Å². The maximum absolute atomic E-state index is 11.9. The highest BCUT2D eigenvalue weighted by molar-refractivity contribution is 8.01. The Hall–Kier alpha value is -1.93. The van der Waals surface area contributed by atoms with E-state index in [1.54, 1.807) is 0 Å². The van der Waals surface area contributed by atoms with Crippen LogP contribution < -0.4 is 10.6 Å². The maximum atomic E-state index is 11.9. The summed E-state index contributed by atoms with van der Waals surface area (Å²) in [6.45, 7) is 5.99. The van der Waals surface area contributed by atoms with Crippen LogP contribution >= 0.6 is 23.1 Å². The molecule has 128 valence electrons. The molecule has 2 rings (SSSR count). The Morgan fingerprint density at radius 2 is 1.88 bits per heavy atom. The zero-order valence-corrected chi connectivity index (χ0v) is 15.5. The monoisotopic (exact) mass is 364 g/mol. The summed E-state index contributed by atoms with van der Waals surface area (Å²) in [6, 6.07) is 9.73. The Balaban J connectivity index is 1.76. The number of amides is 2. The van der Waals surface area contributed by atoms with Crippen molar-refractivity contribution in [3.8, 4) is 0 Å². The summed E-state index contributed by atoms with van der Waals surface area (Å²) in [5.41, 5.74) is 0.565. The van der Waals surface area contributed by atoms with Crippen molar-refractivity contribution in [1.29, 1.82) is 0 Å². The van der Waals surface area contributed by atoms with Crippen molar-refractivity contribution in [3.63, 3.8) is 0 Å². The molecule has 0 saturated carbocycles. The smallest absolute Gasteiger partial charge is 0.231 e. The first-order valence-corrected chi connectivity index (χ1v) is 9.23. The number of nitrogens with zero attached hydrogens (tertiary/aromatic N) is 2. The van der Waals surface area contributed by atoms with Gasteiger partial charge >= 0.3 is 0 Å². The molecule has 24 heavy (non-hydrogen) atoms. The van der Waals surface area contributed by atoms with Crippen molar-refractivity contribution < 1.29 is 9.59 Å². The van der Waals surface area contributed by atoms with Crippen LogP contribution in [0.3, 0.4) is 0 Å². The molecule has 0 unspecified atom stereocenters. The molecule has 0 saturated heterocycles. The van der Waals surface area contributed by atoms with Crippen molar-refractivity contribution in [2.24, 2.45) is 5.41 Å². The number of rotatable bonds is 6. The van der Waals surface area contributed by atoms with Crippen molar-refractivity contribution in [2.75, 3.05) is 11.1 Å². The largest absolute Gasteiger partial charge is 0.351 e. The Kier molecular flexibility index (Phi) is 6.33. The standard InChI is InChI=1S/C16H20N4O2S2/c1-16(2,3)13(22)18-14-19-20-15(24-14)23-10-12(21)17-9-11-7-5-4-6-8-11/h4-8H,9-10H2,1-3H3,(H,17,21)(H,18,19,22). The normalized spacial score (nSPS) is 11.1. The number of nitrogens with one attached hydrogen (secondary N) is 2. The molecule has 1 aromatic carbocycles. The quantitative estimate of drug-likeness (QED) is 0.608. The zero-order valence-electron chi connectivity index (χ0n) is 13.8. The van der Waals surface area contributed by atoms with E-state index >= 15 is 0 Å². The Bertz CT molecular complexity index is 696. The molecule has 2 N–H and O–H groups in total. The molecule has 8 heteroatoms. The molecule has 0 bridgehead atoms. The fourth-order valence-corrected chi connectivity index (χ4v) is 3.15.